The highest BCUT2D eigenvalue weighted by molar-refractivity contribution is 7.11. The van der Waals surface area contributed by atoms with Crippen molar-refractivity contribution in [3.63, 3.8) is 0 Å². The van der Waals surface area contributed by atoms with Gasteiger partial charge in [0.2, 0.25) is 0 Å². The fourth-order valence-corrected chi connectivity index (χ4v) is 5.37. The first kappa shape index (κ1) is 21.1. The van der Waals surface area contributed by atoms with Crippen LogP contribution >= 0.6 is 22.7 Å². The molecule has 4 aromatic rings. The van der Waals surface area contributed by atoms with Gasteiger partial charge in [0.25, 0.3) is 0 Å². The van der Waals surface area contributed by atoms with Crippen molar-refractivity contribution in [2.24, 2.45) is 0 Å². The molecule has 0 bridgehead atoms. The standard InChI is InChI=1S/C25H27NO2S2/c1-18(2)26(16-20-9-5-4-8-19(20)3)17-21-12-13-22(28-21)25(27,23-10-6-14-29-23)24-11-7-15-30-24/h4-15,18,27H,16-17H2,1-3H3. The van der Waals surface area contributed by atoms with Crippen LogP contribution in [0.4, 0.5) is 0 Å². The number of thiophene rings is 2. The molecule has 0 saturated heterocycles. The molecule has 1 aromatic carbocycles. The molecule has 0 spiro atoms. The largest absolute Gasteiger partial charge is 0.461 e. The molecule has 0 fully saturated rings. The van der Waals surface area contributed by atoms with Crippen LogP contribution in [0.3, 0.4) is 0 Å². The summed E-state index contributed by atoms with van der Waals surface area (Å²) in [6.45, 7) is 8.12. The van der Waals surface area contributed by atoms with Crippen LogP contribution in [0.2, 0.25) is 0 Å². The fourth-order valence-electron chi connectivity index (χ4n) is 3.62. The van der Waals surface area contributed by atoms with Crippen LogP contribution < -0.4 is 0 Å². The van der Waals surface area contributed by atoms with Crippen LogP contribution in [-0.4, -0.2) is 16.0 Å². The molecule has 3 heterocycles. The van der Waals surface area contributed by atoms with E-state index in [9.17, 15) is 5.11 Å². The molecule has 0 radical (unpaired) electrons. The van der Waals surface area contributed by atoms with E-state index in [-0.39, 0.29) is 0 Å². The van der Waals surface area contributed by atoms with E-state index in [1.54, 1.807) is 22.7 Å². The Morgan fingerprint density at radius 2 is 1.57 bits per heavy atom. The van der Waals surface area contributed by atoms with Gasteiger partial charge in [-0.25, -0.2) is 0 Å². The lowest BCUT2D eigenvalue weighted by atomic mass is 9.97. The zero-order valence-electron chi connectivity index (χ0n) is 17.5. The summed E-state index contributed by atoms with van der Waals surface area (Å²) in [6, 6.07) is 20.6. The summed E-state index contributed by atoms with van der Waals surface area (Å²) >= 11 is 3.08. The van der Waals surface area contributed by atoms with E-state index < -0.39 is 5.60 Å². The zero-order chi connectivity index (χ0) is 21.1. The van der Waals surface area contributed by atoms with Crippen LogP contribution in [0, 0.1) is 6.92 Å². The number of furan rings is 1. The summed E-state index contributed by atoms with van der Waals surface area (Å²) in [5, 5.41) is 15.7. The molecule has 156 valence electrons. The highest BCUT2D eigenvalue weighted by atomic mass is 32.1. The molecule has 3 aromatic heterocycles. The number of hydrogen-bond acceptors (Lipinski definition) is 5. The maximum absolute atomic E-state index is 11.7. The van der Waals surface area contributed by atoms with Crippen LogP contribution in [0.15, 0.2) is 75.8 Å². The van der Waals surface area contributed by atoms with Crippen LogP contribution in [0.25, 0.3) is 0 Å². The van der Waals surface area contributed by atoms with Crippen molar-refractivity contribution in [1.82, 2.24) is 4.90 Å². The van der Waals surface area contributed by atoms with Gasteiger partial charge in [-0.3, -0.25) is 4.90 Å². The maximum Gasteiger partial charge on any atom is 0.191 e. The Morgan fingerprint density at radius 3 is 2.13 bits per heavy atom. The molecule has 0 aliphatic heterocycles. The summed E-state index contributed by atoms with van der Waals surface area (Å²) < 4.78 is 6.27. The number of hydrogen-bond donors (Lipinski definition) is 1. The predicted octanol–water partition coefficient (Wildman–Crippen LogP) is 6.41. The lowest BCUT2D eigenvalue weighted by molar-refractivity contribution is 0.101. The number of nitrogens with zero attached hydrogens (tertiary/aromatic N) is 1. The highest BCUT2D eigenvalue weighted by Crippen LogP contribution is 2.41. The Labute approximate surface area is 186 Å². The van der Waals surface area contributed by atoms with Gasteiger partial charge in [-0.1, -0.05) is 36.4 Å². The van der Waals surface area contributed by atoms with Gasteiger partial charge in [0, 0.05) is 22.3 Å². The van der Waals surface area contributed by atoms with Gasteiger partial charge < -0.3 is 9.52 Å². The van der Waals surface area contributed by atoms with Gasteiger partial charge in [-0.05, 0) is 66.9 Å². The highest BCUT2D eigenvalue weighted by Gasteiger charge is 2.39. The van der Waals surface area contributed by atoms with Crippen LogP contribution in [0.5, 0.6) is 0 Å². The zero-order valence-corrected chi connectivity index (χ0v) is 19.2. The minimum Gasteiger partial charge on any atom is -0.461 e. The van der Waals surface area contributed by atoms with Crippen molar-refractivity contribution in [2.45, 2.75) is 45.5 Å². The minimum atomic E-state index is -1.25. The first-order valence-corrected chi connectivity index (χ1v) is 11.9. The third-order valence-corrected chi connectivity index (χ3v) is 7.45. The normalized spacial score (nSPS) is 12.2. The predicted molar refractivity (Wildman–Crippen MR) is 125 cm³/mol. The Bertz CT molecular complexity index is 1030. The average molecular weight is 438 g/mol. The second-order valence-corrected chi connectivity index (χ2v) is 9.75. The van der Waals surface area contributed by atoms with Crippen molar-refractivity contribution < 1.29 is 9.52 Å². The van der Waals surface area contributed by atoms with Gasteiger partial charge in [-0.2, -0.15) is 0 Å². The van der Waals surface area contributed by atoms with Gasteiger partial charge in [0.1, 0.15) is 11.5 Å². The van der Waals surface area contributed by atoms with E-state index in [1.165, 1.54) is 11.1 Å². The molecule has 0 aliphatic rings. The summed E-state index contributed by atoms with van der Waals surface area (Å²) in [4.78, 5) is 4.12. The summed E-state index contributed by atoms with van der Waals surface area (Å²) in [5.74, 6) is 1.43. The second-order valence-electron chi connectivity index (χ2n) is 7.86. The lowest BCUT2D eigenvalue weighted by Gasteiger charge is -2.27. The Balaban J connectivity index is 1.61. The third kappa shape index (κ3) is 4.16. The first-order chi connectivity index (χ1) is 14.5. The Kier molecular flexibility index (Phi) is 6.25. The van der Waals surface area contributed by atoms with E-state index in [4.69, 9.17) is 4.42 Å². The van der Waals surface area contributed by atoms with Crippen molar-refractivity contribution in [2.75, 3.05) is 0 Å². The quantitative estimate of drug-likeness (QED) is 0.346. The summed E-state index contributed by atoms with van der Waals surface area (Å²) in [6.07, 6.45) is 0. The second kappa shape index (κ2) is 8.90. The molecule has 30 heavy (non-hydrogen) atoms. The minimum absolute atomic E-state index is 0.367. The number of benzene rings is 1. The molecule has 1 N–H and O–H groups in total. The van der Waals surface area contributed by atoms with E-state index >= 15 is 0 Å². The van der Waals surface area contributed by atoms with Crippen LogP contribution in [0.1, 0.15) is 46.2 Å². The molecule has 0 aliphatic carbocycles. The molecule has 3 nitrogen and oxygen atoms in total. The molecule has 0 atom stereocenters. The van der Waals surface area contributed by atoms with Crippen molar-refractivity contribution >= 4 is 22.7 Å². The average Bonchev–Trinajstić information content (AvgIpc) is 3.50. The number of aryl methyl sites for hydroxylation is 1. The van der Waals surface area contributed by atoms with Gasteiger partial charge in [0.05, 0.1) is 6.54 Å². The van der Waals surface area contributed by atoms with Crippen LogP contribution in [-0.2, 0) is 18.7 Å². The van der Waals surface area contributed by atoms with Gasteiger partial charge in [0.15, 0.2) is 5.60 Å². The monoisotopic (exact) mass is 437 g/mol. The SMILES string of the molecule is Cc1ccccc1CN(Cc1ccc(C(O)(c2cccs2)c2cccs2)o1)C(C)C. The van der Waals surface area contributed by atoms with Crippen molar-refractivity contribution in [3.05, 3.63) is 104 Å². The summed E-state index contributed by atoms with van der Waals surface area (Å²) in [7, 11) is 0. The van der Waals surface area contributed by atoms with Crippen molar-refractivity contribution in [1.29, 1.82) is 0 Å². The molecular weight excluding hydrogens is 410 g/mol. The summed E-state index contributed by atoms with van der Waals surface area (Å²) in [5.41, 5.74) is 1.37. The third-order valence-electron chi connectivity index (χ3n) is 5.50. The fraction of sp³-hybridized carbons (Fsp3) is 0.280. The van der Waals surface area contributed by atoms with E-state index in [2.05, 4.69) is 49.9 Å². The van der Waals surface area contributed by atoms with E-state index in [0.29, 0.717) is 18.3 Å². The Morgan fingerprint density at radius 1 is 0.900 bits per heavy atom. The molecule has 0 amide bonds. The lowest BCUT2D eigenvalue weighted by Crippen LogP contribution is -2.30. The topological polar surface area (TPSA) is 36.6 Å². The molecule has 5 heteroatoms. The van der Waals surface area contributed by atoms with Crippen molar-refractivity contribution in [3.8, 4) is 0 Å². The molecule has 0 unspecified atom stereocenters. The molecular formula is C25H27NO2S2. The number of rotatable bonds is 8. The van der Waals surface area contributed by atoms with Gasteiger partial charge in [-0.15, -0.1) is 22.7 Å². The number of aliphatic hydroxyl groups is 1. The maximum atomic E-state index is 11.7. The van der Waals surface area contributed by atoms with Gasteiger partial charge >= 0.3 is 0 Å². The smallest absolute Gasteiger partial charge is 0.191 e. The Hall–Kier alpha value is -2.18. The molecule has 0 saturated carbocycles. The van der Waals surface area contributed by atoms with E-state index in [1.807, 2.05) is 47.2 Å². The first-order valence-electron chi connectivity index (χ1n) is 10.2. The van der Waals surface area contributed by atoms with E-state index in [0.717, 1.165) is 22.1 Å². The molecule has 4 rings (SSSR count).